The number of halogens is 1. The fourth-order valence-corrected chi connectivity index (χ4v) is 2.79. The van der Waals surface area contributed by atoms with Gasteiger partial charge in [-0.3, -0.25) is 0 Å². The van der Waals surface area contributed by atoms with Crippen LogP contribution in [-0.4, -0.2) is 4.57 Å². The van der Waals surface area contributed by atoms with Gasteiger partial charge in [0, 0.05) is 0 Å². The molecule has 1 aromatic heterocycles. The third kappa shape index (κ3) is 11.1. The summed E-state index contributed by atoms with van der Waals surface area (Å²) < 4.78 is 4.25. The predicted molar refractivity (Wildman–Crippen MR) is 92.1 cm³/mol. The zero-order valence-corrected chi connectivity index (χ0v) is 16.1. The summed E-state index contributed by atoms with van der Waals surface area (Å²) >= 11 is 0. The van der Waals surface area contributed by atoms with Gasteiger partial charge in [-0.25, -0.2) is 9.13 Å². The molecule has 0 N–H and O–H groups in total. The second-order valence-electron chi connectivity index (χ2n) is 6.17. The van der Waals surface area contributed by atoms with Crippen LogP contribution < -0.4 is 21.5 Å². The van der Waals surface area contributed by atoms with Crippen molar-refractivity contribution >= 4 is 6.20 Å². The quantitative estimate of drug-likeness (QED) is 0.351. The molecule has 0 fully saturated rings. The van der Waals surface area contributed by atoms with E-state index in [0.717, 1.165) is 6.54 Å². The van der Waals surface area contributed by atoms with E-state index in [-0.39, 0.29) is 17.0 Å². The maximum Gasteiger partial charge on any atom is 0.248 e. The van der Waals surface area contributed by atoms with Crippen LogP contribution in [0.1, 0.15) is 84.0 Å². The minimum atomic E-state index is 0. The van der Waals surface area contributed by atoms with Crippen molar-refractivity contribution in [2.75, 3.05) is 0 Å². The molecular weight excluding hydrogens is 336 g/mol. The Hall–Kier alpha value is -0.570. The highest BCUT2D eigenvalue weighted by atomic mass is 79.9. The van der Waals surface area contributed by atoms with Crippen LogP contribution in [0, 0.1) is 0 Å². The van der Waals surface area contributed by atoms with Crippen LogP contribution in [0.4, 0.5) is 0 Å². The largest absolute Gasteiger partial charge is 1.00 e. The molecule has 1 rings (SSSR count). The lowest BCUT2D eigenvalue weighted by Crippen LogP contribution is -3.00. The highest BCUT2D eigenvalue weighted by molar-refractivity contribution is 4.94. The van der Waals surface area contributed by atoms with E-state index in [4.69, 9.17) is 0 Å². The Morgan fingerprint density at radius 2 is 1.36 bits per heavy atom. The van der Waals surface area contributed by atoms with E-state index in [1.807, 2.05) is 17.0 Å². The molecule has 0 bridgehead atoms. The number of unbranched alkanes of at least 4 members (excludes halogenated alkanes) is 11. The maximum atomic E-state index is 3.76. The Balaban J connectivity index is 0.00000441. The Labute approximate surface area is 148 Å². The third-order valence-electron chi connectivity index (χ3n) is 4.19. The first kappa shape index (κ1) is 21.4. The minimum Gasteiger partial charge on any atom is -1.00 e. The number of aromatic nitrogens is 2. The average molecular weight is 371 g/mol. The van der Waals surface area contributed by atoms with E-state index in [1.165, 1.54) is 77.0 Å². The standard InChI is InChI=1S/C19H35N2.BrH/c1-3-5-6-7-8-9-10-11-12-13-14-15-16-21-18-17-20(4-2)19-21;/h4,17-19H,2-3,5-16H2,1H3;1H/q+1;/p-1. The summed E-state index contributed by atoms with van der Waals surface area (Å²) in [4.78, 5) is 0. The molecule has 0 aliphatic carbocycles. The summed E-state index contributed by atoms with van der Waals surface area (Å²) in [5.74, 6) is 0. The molecule has 1 aromatic rings. The highest BCUT2D eigenvalue weighted by Gasteiger charge is 2.00. The first-order valence-corrected chi connectivity index (χ1v) is 9.06. The van der Waals surface area contributed by atoms with Gasteiger partial charge in [-0.05, 0) is 12.8 Å². The molecule has 0 aromatic carbocycles. The number of aryl methyl sites for hydroxylation is 1. The normalized spacial score (nSPS) is 10.4. The van der Waals surface area contributed by atoms with Gasteiger partial charge < -0.3 is 17.0 Å². The molecule has 0 saturated carbocycles. The van der Waals surface area contributed by atoms with Gasteiger partial charge >= 0.3 is 0 Å². The molecule has 0 amide bonds. The van der Waals surface area contributed by atoms with Crippen molar-refractivity contribution in [1.82, 2.24) is 4.57 Å². The Bertz CT molecular complexity index is 360. The third-order valence-corrected chi connectivity index (χ3v) is 4.19. The fourth-order valence-electron chi connectivity index (χ4n) is 2.79. The monoisotopic (exact) mass is 370 g/mol. The lowest BCUT2D eigenvalue weighted by molar-refractivity contribution is -0.567. The van der Waals surface area contributed by atoms with Gasteiger partial charge in [0.15, 0.2) is 0 Å². The molecule has 0 radical (unpaired) electrons. The summed E-state index contributed by atoms with van der Waals surface area (Å²) in [5, 5.41) is 0. The first-order valence-electron chi connectivity index (χ1n) is 9.06. The van der Waals surface area contributed by atoms with Crippen LogP contribution >= 0.6 is 0 Å². The Morgan fingerprint density at radius 1 is 0.864 bits per heavy atom. The molecule has 0 spiro atoms. The van der Waals surface area contributed by atoms with Crippen LogP contribution in [-0.2, 0) is 6.54 Å². The van der Waals surface area contributed by atoms with Crippen molar-refractivity contribution in [2.45, 2.75) is 90.5 Å². The zero-order valence-electron chi connectivity index (χ0n) is 14.5. The van der Waals surface area contributed by atoms with Crippen molar-refractivity contribution in [2.24, 2.45) is 0 Å². The maximum absolute atomic E-state index is 3.76. The van der Waals surface area contributed by atoms with Crippen molar-refractivity contribution in [3.8, 4) is 0 Å². The summed E-state index contributed by atoms with van der Waals surface area (Å²) in [6.45, 7) is 7.18. The van der Waals surface area contributed by atoms with Gasteiger partial charge in [0.1, 0.15) is 12.4 Å². The molecule has 0 unspecified atom stereocenters. The number of hydrogen-bond donors (Lipinski definition) is 0. The topological polar surface area (TPSA) is 8.81 Å². The summed E-state index contributed by atoms with van der Waals surface area (Å²) in [6, 6.07) is 0. The Kier molecular flexibility index (Phi) is 14.9. The van der Waals surface area contributed by atoms with Gasteiger partial charge in [-0.2, -0.15) is 0 Å². The number of hydrogen-bond acceptors (Lipinski definition) is 0. The van der Waals surface area contributed by atoms with Crippen molar-refractivity contribution in [3.63, 3.8) is 0 Å². The summed E-state index contributed by atoms with van der Waals surface area (Å²) in [7, 11) is 0. The van der Waals surface area contributed by atoms with E-state index >= 15 is 0 Å². The average Bonchev–Trinajstić information content (AvgIpc) is 2.96. The van der Waals surface area contributed by atoms with E-state index in [1.54, 1.807) is 0 Å². The second-order valence-corrected chi connectivity index (χ2v) is 6.17. The molecule has 0 aliphatic heterocycles. The molecule has 2 nitrogen and oxygen atoms in total. The van der Waals surface area contributed by atoms with Crippen molar-refractivity contribution in [1.29, 1.82) is 0 Å². The van der Waals surface area contributed by atoms with Gasteiger partial charge in [-0.15, -0.1) is 0 Å². The zero-order chi connectivity index (χ0) is 15.2. The van der Waals surface area contributed by atoms with Gasteiger partial charge in [-0.1, -0.05) is 77.7 Å². The van der Waals surface area contributed by atoms with E-state index < -0.39 is 0 Å². The van der Waals surface area contributed by atoms with Gasteiger partial charge in [0.25, 0.3) is 0 Å². The SMILES string of the molecule is C=C[n+]1ccn(CCCCCCCCCCCCCC)c1.[Br-]. The highest BCUT2D eigenvalue weighted by Crippen LogP contribution is 2.12. The molecular formula is C19H35BrN2. The molecule has 128 valence electrons. The summed E-state index contributed by atoms with van der Waals surface area (Å²) in [5.41, 5.74) is 0. The minimum absolute atomic E-state index is 0. The second kappa shape index (κ2) is 15.3. The van der Waals surface area contributed by atoms with E-state index in [2.05, 4.69) is 30.6 Å². The van der Waals surface area contributed by atoms with Crippen LogP contribution in [0.3, 0.4) is 0 Å². The molecule has 0 atom stereocenters. The lowest BCUT2D eigenvalue weighted by Gasteiger charge is -2.02. The molecule has 0 aliphatic rings. The van der Waals surface area contributed by atoms with Crippen LogP contribution in [0.2, 0.25) is 0 Å². The number of imidazole rings is 1. The van der Waals surface area contributed by atoms with Crippen LogP contribution in [0.5, 0.6) is 0 Å². The molecule has 3 heteroatoms. The van der Waals surface area contributed by atoms with Gasteiger partial charge in [0.2, 0.25) is 6.33 Å². The van der Waals surface area contributed by atoms with Crippen molar-refractivity contribution < 1.29 is 21.5 Å². The molecule has 1 heterocycles. The van der Waals surface area contributed by atoms with E-state index in [9.17, 15) is 0 Å². The lowest BCUT2D eigenvalue weighted by atomic mass is 10.1. The predicted octanol–water partition coefficient (Wildman–Crippen LogP) is 2.58. The Morgan fingerprint density at radius 3 is 1.82 bits per heavy atom. The molecule has 0 saturated heterocycles. The number of nitrogens with zero attached hydrogens (tertiary/aromatic N) is 2. The smallest absolute Gasteiger partial charge is 0.248 e. The van der Waals surface area contributed by atoms with Crippen molar-refractivity contribution in [3.05, 3.63) is 25.3 Å². The van der Waals surface area contributed by atoms with Gasteiger partial charge in [0.05, 0.1) is 12.7 Å². The first-order chi connectivity index (χ1) is 10.4. The van der Waals surface area contributed by atoms with E-state index in [0.29, 0.717) is 0 Å². The van der Waals surface area contributed by atoms with Crippen LogP contribution in [0.15, 0.2) is 25.3 Å². The summed E-state index contributed by atoms with van der Waals surface area (Å²) in [6.07, 6.45) is 25.1. The molecule has 22 heavy (non-hydrogen) atoms. The fraction of sp³-hybridized carbons (Fsp3) is 0.737. The van der Waals surface area contributed by atoms with Crippen LogP contribution in [0.25, 0.3) is 6.20 Å². The number of rotatable bonds is 14.